The van der Waals surface area contributed by atoms with Crippen molar-refractivity contribution in [3.63, 3.8) is 0 Å². The predicted octanol–water partition coefficient (Wildman–Crippen LogP) is 2.50. The standard InChI is InChI=1S/C20H21NO5S/c22-19(25-14-17-9-5-2-6-10-17)18(13-16-7-3-1-4-8-16)26-20(23)21-11-12-27(24)15-21/h1-10,18H,11-15H2/t18-,27?/m0/s1. The Morgan fingerprint density at radius 2 is 1.63 bits per heavy atom. The van der Waals surface area contributed by atoms with Crippen LogP contribution in [0.4, 0.5) is 4.79 Å². The molecule has 0 N–H and O–H groups in total. The molecule has 0 bridgehead atoms. The van der Waals surface area contributed by atoms with Gasteiger partial charge in [0.15, 0.2) is 0 Å². The van der Waals surface area contributed by atoms with E-state index in [9.17, 15) is 13.8 Å². The van der Waals surface area contributed by atoms with E-state index in [1.807, 2.05) is 60.7 Å². The smallest absolute Gasteiger partial charge is 0.411 e. The lowest BCUT2D eigenvalue weighted by molar-refractivity contribution is -0.155. The van der Waals surface area contributed by atoms with Crippen LogP contribution in [0.25, 0.3) is 0 Å². The average molecular weight is 387 g/mol. The molecule has 0 radical (unpaired) electrons. The van der Waals surface area contributed by atoms with Crippen molar-refractivity contribution < 1.29 is 23.3 Å². The molecule has 3 rings (SSSR count). The molecule has 142 valence electrons. The number of carbonyl (C=O) groups is 2. The maximum absolute atomic E-state index is 12.6. The molecule has 1 saturated heterocycles. The molecule has 2 aromatic rings. The monoisotopic (exact) mass is 387 g/mol. The van der Waals surface area contributed by atoms with E-state index in [4.69, 9.17) is 9.47 Å². The number of hydrogen-bond acceptors (Lipinski definition) is 5. The molecule has 1 unspecified atom stereocenters. The lowest BCUT2D eigenvalue weighted by Gasteiger charge is -2.20. The van der Waals surface area contributed by atoms with Crippen LogP contribution in [0.3, 0.4) is 0 Å². The third-order valence-corrected chi connectivity index (χ3v) is 5.38. The molecule has 0 spiro atoms. The third-order valence-electron chi connectivity index (χ3n) is 4.14. The summed E-state index contributed by atoms with van der Waals surface area (Å²) in [5, 5.41) is 0. The summed E-state index contributed by atoms with van der Waals surface area (Å²) < 4.78 is 22.3. The van der Waals surface area contributed by atoms with Crippen molar-refractivity contribution in [2.45, 2.75) is 19.1 Å². The molecule has 1 fully saturated rings. The van der Waals surface area contributed by atoms with Gasteiger partial charge in [-0.1, -0.05) is 60.7 Å². The van der Waals surface area contributed by atoms with Crippen LogP contribution < -0.4 is 0 Å². The number of ether oxygens (including phenoxy) is 2. The SMILES string of the molecule is O=C(OCc1ccccc1)[C@H](Cc1ccccc1)OC(=O)N1CCS(=O)C1. The van der Waals surface area contributed by atoms with E-state index >= 15 is 0 Å². The van der Waals surface area contributed by atoms with Crippen LogP contribution in [0.15, 0.2) is 60.7 Å². The summed E-state index contributed by atoms with van der Waals surface area (Å²) in [6.45, 7) is 0.471. The Balaban J connectivity index is 1.65. The first-order valence-electron chi connectivity index (χ1n) is 8.67. The van der Waals surface area contributed by atoms with Gasteiger partial charge in [-0.25, -0.2) is 9.59 Å². The molecule has 2 aromatic carbocycles. The molecule has 0 saturated carbocycles. The lowest BCUT2D eigenvalue weighted by Crippen LogP contribution is -2.37. The zero-order valence-electron chi connectivity index (χ0n) is 14.8. The number of carbonyl (C=O) groups excluding carboxylic acids is 2. The van der Waals surface area contributed by atoms with Gasteiger partial charge in [0.05, 0.1) is 5.88 Å². The van der Waals surface area contributed by atoms with Gasteiger partial charge in [0.1, 0.15) is 6.61 Å². The molecule has 1 heterocycles. The fourth-order valence-electron chi connectivity index (χ4n) is 2.68. The van der Waals surface area contributed by atoms with Crippen LogP contribution in [-0.2, 0) is 38.1 Å². The highest BCUT2D eigenvalue weighted by Crippen LogP contribution is 2.13. The third kappa shape index (κ3) is 5.65. The number of hydrogen-bond donors (Lipinski definition) is 0. The summed E-state index contributed by atoms with van der Waals surface area (Å²) in [6, 6.07) is 18.6. The minimum Gasteiger partial charge on any atom is -0.458 e. The minimum absolute atomic E-state index is 0.107. The van der Waals surface area contributed by atoms with Crippen molar-refractivity contribution in [1.29, 1.82) is 0 Å². The molecule has 0 aliphatic carbocycles. The van der Waals surface area contributed by atoms with Crippen LogP contribution >= 0.6 is 0 Å². The maximum atomic E-state index is 12.6. The normalized spacial score (nSPS) is 17.3. The van der Waals surface area contributed by atoms with Crippen LogP contribution in [0.1, 0.15) is 11.1 Å². The fourth-order valence-corrected chi connectivity index (χ4v) is 3.81. The first-order valence-corrected chi connectivity index (χ1v) is 10.2. The van der Waals surface area contributed by atoms with E-state index in [0.29, 0.717) is 12.3 Å². The topological polar surface area (TPSA) is 72.9 Å². The molecular weight excluding hydrogens is 366 g/mol. The Morgan fingerprint density at radius 3 is 2.22 bits per heavy atom. The van der Waals surface area contributed by atoms with Gasteiger partial charge in [-0.2, -0.15) is 0 Å². The molecule has 7 heteroatoms. The van der Waals surface area contributed by atoms with Crippen molar-refractivity contribution in [2.75, 3.05) is 18.2 Å². The molecule has 2 atom stereocenters. The molecular formula is C20H21NO5S. The van der Waals surface area contributed by atoms with Crippen molar-refractivity contribution in [3.8, 4) is 0 Å². The van der Waals surface area contributed by atoms with Crippen LogP contribution in [0.5, 0.6) is 0 Å². The molecule has 1 amide bonds. The zero-order chi connectivity index (χ0) is 19.1. The number of amides is 1. The van der Waals surface area contributed by atoms with Gasteiger partial charge in [-0.15, -0.1) is 0 Å². The zero-order valence-corrected chi connectivity index (χ0v) is 15.6. The first kappa shape index (κ1) is 19.1. The van der Waals surface area contributed by atoms with Crippen LogP contribution in [-0.4, -0.2) is 45.4 Å². The number of benzene rings is 2. The van der Waals surface area contributed by atoms with Crippen molar-refractivity contribution in [2.24, 2.45) is 0 Å². The Kier molecular flexibility index (Phi) is 6.59. The first-order chi connectivity index (χ1) is 13.1. The second-order valence-corrected chi connectivity index (χ2v) is 7.74. The second kappa shape index (κ2) is 9.32. The fraction of sp³-hybridized carbons (Fsp3) is 0.300. The Morgan fingerprint density at radius 1 is 1.00 bits per heavy atom. The highest BCUT2D eigenvalue weighted by Gasteiger charge is 2.30. The summed E-state index contributed by atoms with van der Waals surface area (Å²) in [4.78, 5) is 26.2. The Bertz CT molecular complexity index is 797. The molecule has 1 aliphatic rings. The average Bonchev–Trinajstić information content (AvgIpc) is 3.14. The van der Waals surface area contributed by atoms with Gasteiger partial charge in [0.2, 0.25) is 6.10 Å². The second-order valence-electron chi connectivity index (χ2n) is 6.19. The van der Waals surface area contributed by atoms with E-state index in [-0.39, 0.29) is 18.9 Å². The molecule has 6 nitrogen and oxygen atoms in total. The number of esters is 1. The van der Waals surface area contributed by atoms with Crippen LogP contribution in [0, 0.1) is 0 Å². The molecule has 0 aromatic heterocycles. The Hall–Kier alpha value is -2.67. The van der Waals surface area contributed by atoms with E-state index in [1.165, 1.54) is 4.90 Å². The summed E-state index contributed by atoms with van der Waals surface area (Å²) in [7, 11) is -1.06. The molecule has 27 heavy (non-hydrogen) atoms. The van der Waals surface area contributed by atoms with Gasteiger partial charge in [-0.05, 0) is 11.1 Å². The Labute approximate surface area is 160 Å². The highest BCUT2D eigenvalue weighted by molar-refractivity contribution is 7.85. The van der Waals surface area contributed by atoms with Gasteiger partial charge < -0.3 is 9.47 Å². The summed E-state index contributed by atoms with van der Waals surface area (Å²) >= 11 is 0. The van der Waals surface area contributed by atoms with E-state index in [1.54, 1.807) is 0 Å². The predicted molar refractivity (Wildman–Crippen MR) is 101 cm³/mol. The van der Waals surface area contributed by atoms with Gasteiger partial charge in [0.25, 0.3) is 0 Å². The summed E-state index contributed by atoms with van der Waals surface area (Å²) in [5.41, 5.74) is 1.71. The van der Waals surface area contributed by atoms with Crippen molar-refractivity contribution in [1.82, 2.24) is 4.90 Å². The molecule has 1 aliphatic heterocycles. The number of nitrogens with zero attached hydrogens (tertiary/aromatic N) is 1. The summed E-state index contributed by atoms with van der Waals surface area (Å²) in [6.07, 6.45) is -1.48. The van der Waals surface area contributed by atoms with Crippen molar-refractivity contribution >= 4 is 22.9 Å². The van der Waals surface area contributed by atoms with Gasteiger partial charge in [-0.3, -0.25) is 9.11 Å². The quantitative estimate of drug-likeness (QED) is 0.712. The van der Waals surface area contributed by atoms with Gasteiger partial charge in [0, 0.05) is 29.5 Å². The van der Waals surface area contributed by atoms with E-state index < -0.39 is 29.0 Å². The number of rotatable bonds is 6. The van der Waals surface area contributed by atoms with E-state index in [0.717, 1.165) is 11.1 Å². The minimum atomic E-state index is -1.06. The maximum Gasteiger partial charge on any atom is 0.411 e. The highest BCUT2D eigenvalue weighted by atomic mass is 32.2. The largest absolute Gasteiger partial charge is 0.458 e. The van der Waals surface area contributed by atoms with E-state index in [2.05, 4.69) is 0 Å². The summed E-state index contributed by atoms with van der Waals surface area (Å²) in [5.74, 6) is -0.0382. The van der Waals surface area contributed by atoms with Crippen molar-refractivity contribution in [3.05, 3.63) is 71.8 Å². The lowest BCUT2D eigenvalue weighted by atomic mass is 10.1. The van der Waals surface area contributed by atoms with Crippen LogP contribution in [0.2, 0.25) is 0 Å². The van der Waals surface area contributed by atoms with Gasteiger partial charge >= 0.3 is 12.1 Å².